The summed E-state index contributed by atoms with van der Waals surface area (Å²) in [4.78, 5) is 5.13. The van der Waals surface area contributed by atoms with Gasteiger partial charge in [0.15, 0.2) is 17.2 Å². The van der Waals surface area contributed by atoms with Crippen molar-refractivity contribution >= 4 is 34.5 Å². The highest BCUT2D eigenvalue weighted by atomic mass is 15.3. The van der Waals surface area contributed by atoms with Crippen molar-refractivity contribution in [1.82, 2.24) is 14.6 Å². The fourth-order valence-corrected chi connectivity index (χ4v) is 4.84. The molecule has 176 valence electrons. The highest BCUT2D eigenvalue weighted by Crippen LogP contribution is 2.40. The minimum Gasteiger partial charge on any atom is -0.380 e. The van der Waals surface area contributed by atoms with Crippen molar-refractivity contribution in [2.75, 3.05) is 5.73 Å². The summed E-state index contributed by atoms with van der Waals surface area (Å²) in [6.45, 7) is 2.03. The van der Waals surface area contributed by atoms with Crippen molar-refractivity contribution < 1.29 is 0 Å². The summed E-state index contributed by atoms with van der Waals surface area (Å²) in [5, 5.41) is 13.7. The quantitative estimate of drug-likeness (QED) is 0.275. The van der Waals surface area contributed by atoms with Crippen molar-refractivity contribution in [3.8, 4) is 11.3 Å². The molecule has 5 aromatic rings. The van der Waals surface area contributed by atoms with Gasteiger partial charge in [0.1, 0.15) is 0 Å². The van der Waals surface area contributed by atoms with Crippen LogP contribution >= 0.6 is 0 Å². The van der Waals surface area contributed by atoms with Crippen LogP contribution in [0.4, 0.5) is 17.2 Å². The molecule has 6 nitrogen and oxygen atoms in total. The van der Waals surface area contributed by atoms with Gasteiger partial charge in [-0.2, -0.15) is 5.11 Å². The summed E-state index contributed by atoms with van der Waals surface area (Å²) in [5.74, 6) is 0.312. The molecule has 36 heavy (non-hydrogen) atoms. The summed E-state index contributed by atoms with van der Waals surface area (Å²) >= 11 is 0. The van der Waals surface area contributed by atoms with Gasteiger partial charge in [-0.1, -0.05) is 72.8 Å². The Bertz CT molecular complexity index is 1610. The molecule has 1 aliphatic rings. The van der Waals surface area contributed by atoms with Crippen molar-refractivity contribution in [1.29, 1.82) is 0 Å². The molecule has 0 bridgehead atoms. The molecular weight excluding hydrogens is 444 g/mol. The molecule has 0 aliphatic heterocycles. The van der Waals surface area contributed by atoms with E-state index in [0.29, 0.717) is 17.2 Å². The van der Waals surface area contributed by atoms with Gasteiger partial charge < -0.3 is 5.73 Å². The number of hydrogen-bond donors (Lipinski definition) is 1. The number of nitrogens with zero attached hydrogens (tertiary/aromatic N) is 5. The van der Waals surface area contributed by atoms with Gasteiger partial charge in [0.25, 0.3) is 0 Å². The van der Waals surface area contributed by atoms with Crippen LogP contribution < -0.4 is 5.73 Å². The van der Waals surface area contributed by atoms with Crippen LogP contribution in [0.15, 0.2) is 95.2 Å². The first-order valence-corrected chi connectivity index (χ1v) is 12.2. The van der Waals surface area contributed by atoms with E-state index >= 15 is 0 Å². The van der Waals surface area contributed by atoms with Gasteiger partial charge in [0, 0.05) is 11.1 Å². The van der Waals surface area contributed by atoms with E-state index in [1.807, 2.05) is 60.0 Å². The number of aromatic nitrogens is 3. The second kappa shape index (κ2) is 9.23. The molecule has 0 fully saturated rings. The minimum atomic E-state index is 0.312. The smallest absolute Gasteiger partial charge is 0.186 e. The number of hydrogen-bond acceptors (Lipinski definition) is 5. The maximum Gasteiger partial charge on any atom is 0.186 e. The lowest BCUT2D eigenvalue weighted by Gasteiger charge is -2.22. The Balaban J connectivity index is 1.59. The van der Waals surface area contributed by atoms with Crippen LogP contribution in [0.5, 0.6) is 0 Å². The van der Waals surface area contributed by atoms with Crippen molar-refractivity contribution in [3.63, 3.8) is 0 Å². The molecule has 3 aromatic carbocycles. The third-order valence-corrected chi connectivity index (χ3v) is 6.50. The zero-order valence-corrected chi connectivity index (χ0v) is 20.1. The number of nitrogen functional groups attached to an aromatic ring is 1. The van der Waals surface area contributed by atoms with Gasteiger partial charge in [-0.15, -0.1) is 10.2 Å². The first-order valence-electron chi connectivity index (χ1n) is 12.2. The zero-order valence-electron chi connectivity index (χ0n) is 20.1. The van der Waals surface area contributed by atoms with Gasteiger partial charge in [-0.25, -0.2) is 9.50 Å². The third-order valence-electron chi connectivity index (χ3n) is 6.50. The first kappa shape index (κ1) is 21.9. The molecule has 1 aliphatic carbocycles. The van der Waals surface area contributed by atoms with Crippen LogP contribution in [0.2, 0.25) is 0 Å². The topological polar surface area (TPSA) is 80.9 Å². The molecule has 0 radical (unpaired) electrons. The molecule has 0 unspecified atom stereocenters. The van der Waals surface area contributed by atoms with E-state index < -0.39 is 0 Å². The molecule has 0 saturated carbocycles. The number of azo groups is 1. The molecule has 6 heteroatoms. The van der Waals surface area contributed by atoms with Gasteiger partial charge >= 0.3 is 0 Å². The second-order valence-electron chi connectivity index (χ2n) is 9.10. The molecule has 2 aromatic heterocycles. The highest BCUT2D eigenvalue weighted by Gasteiger charge is 2.26. The SMILES string of the molecule is Cc1cccc(N=Nc2c(N)nn3c(-c4ccccc4)c4c(nc23)/C(=C\c2ccccc2)CCC4)c1. The van der Waals surface area contributed by atoms with E-state index in [2.05, 4.69) is 52.7 Å². The highest BCUT2D eigenvalue weighted by molar-refractivity contribution is 5.88. The van der Waals surface area contributed by atoms with Gasteiger partial charge in [-0.05, 0) is 61.1 Å². The molecule has 0 amide bonds. The van der Waals surface area contributed by atoms with E-state index in [-0.39, 0.29) is 0 Å². The summed E-state index contributed by atoms with van der Waals surface area (Å²) in [7, 11) is 0. The van der Waals surface area contributed by atoms with Crippen LogP contribution in [0, 0.1) is 6.92 Å². The largest absolute Gasteiger partial charge is 0.380 e. The fraction of sp³-hybridized carbons (Fsp3) is 0.133. The van der Waals surface area contributed by atoms with Crippen molar-refractivity contribution in [2.45, 2.75) is 26.2 Å². The predicted octanol–water partition coefficient (Wildman–Crippen LogP) is 7.58. The van der Waals surface area contributed by atoms with E-state index in [1.54, 1.807) is 0 Å². The van der Waals surface area contributed by atoms with Crippen molar-refractivity contribution in [2.24, 2.45) is 10.2 Å². The third kappa shape index (κ3) is 4.07. The number of benzene rings is 3. The number of aryl methyl sites for hydroxylation is 1. The van der Waals surface area contributed by atoms with Gasteiger partial charge in [0.2, 0.25) is 0 Å². The molecule has 0 atom stereocenters. The second-order valence-corrected chi connectivity index (χ2v) is 9.10. The van der Waals surface area contributed by atoms with Gasteiger partial charge in [-0.3, -0.25) is 0 Å². The Labute approximate surface area is 209 Å². The Morgan fingerprint density at radius 3 is 2.44 bits per heavy atom. The maximum atomic E-state index is 6.41. The standard InChI is InChI=1S/C30H26N6/c1-20-10-8-16-24(18-20)33-34-27-29(31)35-36-28(22-13-6-3-7-14-22)25-17-9-15-23(26(25)32-30(27)36)19-21-11-4-2-5-12-21/h2-8,10-14,16,18-19H,9,15,17H2,1H3,(H2,31,35)/b23-19-,34-33?. The average Bonchev–Trinajstić information content (AvgIpc) is 3.22. The number of anilines is 1. The summed E-state index contributed by atoms with van der Waals surface area (Å²) in [6.07, 6.45) is 5.18. The average molecular weight is 471 g/mol. The number of fused-ring (bicyclic) bond motifs is 2. The van der Waals surface area contributed by atoms with Crippen LogP contribution in [-0.2, 0) is 6.42 Å². The van der Waals surface area contributed by atoms with Crippen molar-refractivity contribution in [3.05, 3.63) is 107 Å². The van der Waals surface area contributed by atoms with Crippen LogP contribution in [0.1, 0.15) is 35.2 Å². The lowest BCUT2D eigenvalue weighted by molar-refractivity contribution is 0.793. The number of nitrogens with two attached hydrogens (primary N) is 1. The van der Waals surface area contributed by atoms with Crippen LogP contribution in [-0.4, -0.2) is 14.6 Å². The lowest BCUT2D eigenvalue weighted by Crippen LogP contribution is -2.11. The minimum absolute atomic E-state index is 0.312. The molecule has 0 saturated heterocycles. The molecule has 2 N–H and O–H groups in total. The maximum absolute atomic E-state index is 6.41. The molecular formula is C30H26N6. The summed E-state index contributed by atoms with van der Waals surface area (Å²) < 4.78 is 1.85. The first-order chi connectivity index (χ1) is 17.7. The Hall–Kier alpha value is -4.58. The lowest BCUT2D eigenvalue weighted by atomic mass is 9.87. The Kier molecular flexibility index (Phi) is 5.62. The van der Waals surface area contributed by atoms with Crippen LogP contribution in [0.3, 0.4) is 0 Å². The zero-order chi connectivity index (χ0) is 24.5. The van der Waals surface area contributed by atoms with E-state index in [9.17, 15) is 0 Å². The number of rotatable bonds is 4. The normalized spacial score (nSPS) is 14.5. The van der Waals surface area contributed by atoms with E-state index in [1.165, 1.54) is 11.1 Å². The fourth-order valence-electron chi connectivity index (χ4n) is 4.84. The monoisotopic (exact) mass is 470 g/mol. The molecule has 2 heterocycles. The Morgan fingerprint density at radius 1 is 0.889 bits per heavy atom. The van der Waals surface area contributed by atoms with E-state index in [0.717, 1.165) is 53.0 Å². The molecule has 6 rings (SSSR count). The van der Waals surface area contributed by atoms with Crippen LogP contribution in [0.25, 0.3) is 28.6 Å². The van der Waals surface area contributed by atoms with E-state index in [4.69, 9.17) is 15.8 Å². The summed E-state index contributed by atoms with van der Waals surface area (Å²) in [6, 6.07) is 28.6. The predicted molar refractivity (Wildman–Crippen MR) is 145 cm³/mol. The molecule has 0 spiro atoms. The number of allylic oxidation sites excluding steroid dienone is 1. The summed E-state index contributed by atoms with van der Waals surface area (Å²) in [5.41, 5.74) is 16.0. The Morgan fingerprint density at radius 2 is 1.67 bits per heavy atom. The van der Waals surface area contributed by atoms with Gasteiger partial charge in [0.05, 0.1) is 17.1 Å².